The van der Waals surface area contributed by atoms with Crippen LogP contribution in [0.4, 0.5) is 0 Å². The van der Waals surface area contributed by atoms with Crippen LogP contribution in [0.25, 0.3) is 0 Å². The minimum Gasteiger partial charge on any atom is -0.0622 e. The monoisotopic (exact) mass is 395 g/mol. The summed E-state index contributed by atoms with van der Waals surface area (Å²) in [5, 5.41) is 2.88. The first kappa shape index (κ1) is 12.6. The zero-order chi connectivity index (χ0) is 9.80. The molecule has 2 aromatic rings. The van der Waals surface area contributed by atoms with Gasteiger partial charge in [-0.2, -0.15) is 0 Å². The van der Waals surface area contributed by atoms with Gasteiger partial charge in [0, 0.05) is 21.1 Å². The molecular formula is C13H13PPt. The van der Waals surface area contributed by atoms with Crippen molar-refractivity contribution in [2.24, 2.45) is 0 Å². The Bertz CT molecular complexity index is 346. The van der Waals surface area contributed by atoms with Gasteiger partial charge in [0.1, 0.15) is 0 Å². The predicted molar refractivity (Wildman–Crippen MR) is 65.0 cm³/mol. The van der Waals surface area contributed by atoms with E-state index in [1.54, 1.807) is 0 Å². The molecule has 0 N–H and O–H groups in total. The summed E-state index contributed by atoms with van der Waals surface area (Å²) in [7, 11) is -0.171. The van der Waals surface area contributed by atoms with Gasteiger partial charge in [-0.15, -0.1) is 0 Å². The van der Waals surface area contributed by atoms with Gasteiger partial charge in [0.05, 0.1) is 0 Å². The van der Waals surface area contributed by atoms with Crippen LogP contribution in [0.2, 0.25) is 0 Å². The van der Waals surface area contributed by atoms with Crippen molar-refractivity contribution in [3.8, 4) is 0 Å². The van der Waals surface area contributed by atoms with E-state index in [9.17, 15) is 0 Å². The van der Waals surface area contributed by atoms with Crippen LogP contribution in [-0.2, 0) is 21.1 Å². The zero-order valence-electron chi connectivity index (χ0n) is 8.54. The third-order valence-electron chi connectivity index (χ3n) is 2.29. The average Bonchev–Trinajstić information content (AvgIpc) is 2.30. The summed E-state index contributed by atoms with van der Waals surface area (Å²) in [6.07, 6.45) is 0. The third kappa shape index (κ3) is 3.26. The average molecular weight is 395 g/mol. The second-order valence-corrected chi connectivity index (χ2v) is 5.38. The number of hydrogen-bond donors (Lipinski definition) is 0. The zero-order valence-corrected chi connectivity index (χ0v) is 11.7. The maximum absolute atomic E-state index is 2.31. The van der Waals surface area contributed by atoms with Crippen molar-refractivity contribution in [3.63, 3.8) is 0 Å². The summed E-state index contributed by atoms with van der Waals surface area (Å²) in [4.78, 5) is 0. The first-order valence-electron chi connectivity index (χ1n) is 4.72. The van der Waals surface area contributed by atoms with Crippen molar-refractivity contribution in [1.29, 1.82) is 0 Å². The normalized spacial score (nSPS) is 9.73. The van der Waals surface area contributed by atoms with E-state index in [-0.39, 0.29) is 29.0 Å². The molecule has 0 nitrogen and oxygen atoms in total. The van der Waals surface area contributed by atoms with Crippen LogP contribution < -0.4 is 10.6 Å². The summed E-state index contributed by atoms with van der Waals surface area (Å²) >= 11 is 0. The van der Waals surface area contributed by atoms with Crippen LogP contribution >= 0.6 is 7.92 Å². The largest absolute Gasteiger partial charge is 0.0622 e. The molecule has 0 saturated heterocycles. The predicted octanol–water partition coefficient (Wildman–Crippen LogP) is 2.75. The van der Waals surface area contributed by atoms with E-state index < -0.39 is 0 Å². The maximum atomic E-state index is 2.31. The standard InChI is InChI=1S/C13H13P.Pt/c1-14(12-8-4-2-5-9-12)13-10-6-3-7-11-13;/h2-11H,1H3;. The van der Waals surface area contributed by atoms with Crippen LogP contribution in [0.5, 0.6) is 0 Å². The van der Waals surface area contributed by atoms with Gasteiger partial charge in [0.25, 0.3) is 0 Å². The summed E-state index contributed by atoms with van der Waals surface area (Å²) in [6.45, 7) is 2.31. The smallest absolute Gasteiger partial charge is 0 e. The van der Waals surface area contributed by atoms with E-state index >= 15 is 0 Å². The molecule has 0 spiro atoms. The Morgan fingerprint density at radius 1 is 0.667 bits per heavy atom. The molecule has 2 aromatic carbocycles. The molecule has 15 heavy (non-hydrogen) atoms. The quantitative estimate of drug-likeness (QED) is 0.687. The van der Waals surface area contributed by atoms with E-state index in [0.717, 1.165) is 0 Å². The molecule has 2 rings (SSSR count). The van der Waals surface area contributed by atoms with Gasteiger partial charge in [-0.3, -0.25) is 0 Å². The Morgan fingerprint density at radius 3 is 1.33 bits per heavy atom. The van der Waals surface area contributed by atoms with Crippen molar-refractivity contribution in [2.75, 3.05) is 6.66 Å². The van der Waals surface area contributed by atoms with Gasteiger partial charge in [0.2, 0.25) is 0 Å². The molecule has 0 heterocycles. The Morgan fingerprint density at radius 2 is 1.00 bits per heavy atom. The Balaban J connectivity index is 0.00000112. The van der Waals surface area contributed by atoms with E-state index in [1.807, 2.05) is 0 Å². The first-order valence-corrected chi connectivity index (χ1v) is 6.50. The topological polar surface area (TPSA) is 0 Å². The number of rotatable bonds is 2. The molecule has 0 bridgehead atoms. The molecular weight excluding hydrogens is 382 g/mol. The second-order valence-electron chi connectivity index (χ2n) is 3.23. The minimum atomic E-state index is -0.171. The fourth-order valence-electron chi connectivity index (χ4n) is 1.45. The maximum Gasteiger partial charge on any atom is 0 e. The fraction of sp³-hybridized carbons (Fsp3) is 0.0769. The molecule has 0 amide bonds. The summed E-state index contributed by atoms with van der Waals surface area (Å²) in [5.74, 6) is 0. The first-order chi connectivity index (χ1) is 6.88. The van der Waals surface area contributed by atoms with Crippen molar-refractivity contribution < 1.29 is 21.1 Å². The van der Waals surface area contributed by atoms with Crippen LogP contribution in [-0.4, -0.2) is 6.66 Å². The molecule has 0 radical (unpaired) electrons. The van der Waals surface area contributed by atoms with E-state index in [2.05, 4.69) is 67.3 Å². The van der Waals surface area contributed by atoms with Crippen LogP contribution in [0, 0.1) is 0 Å². The Hall–Kier alpha value is -0.442. The molecule has 2 heteroatoms. The van der Waals surface area contributed by atoms with Crippen LogP contribution in [0.15, 0.2) is 60.7 Å². The van der Waals surface area contributed by atoms with Crippen molar-refractivity contribution in [2.45, 2.75) is 0 Å². The van der Waals surface area contributed by atoms with Gasteiger partial charge >= 0.3 is 0 Å². The van der Waals surface area contributed by atoms with Crippen molar-refractivity contribution in [1.82, 2.24) is 0 Å². The van der Waals surface area contributed by atoms with Gasteiger partial charge < -0.3 is 0 Å². The molecule has 0 aromatic heterocycles. The molecule has 0 saturated carbocycles. The number of hydrogen-bond acceptors (Lipinski definition) is 0. The van der Waals surface area contributed by atoms with E-state index in [4.69, 9.17) is 0 Å². The minimum absolute atomic E-state index is 0. The third-order valence-corrected chi connectivity index (χ3v) is 4.43. The summed E-state index contributed by atoms with van der Waals surface area (Å²) in [6, 6.07) is 21.4. The molecule has 80 valence electrons. The van der Waals surface area contributed by atoms with Crippen molar-refractivity contribution in [3.05, 3.63) is 60.7 Å². The van der Waals surface area contributed by atoms with Crippen LogP contribution in [0.3, 0.4) is 0 Å². The fourth-order valence-corrected chi connectivity index (χ4v) is 2.99. The Labute approximate surface area is 107 Å². The molecule has 0 aliphatic rings. The summed E-state index contributed by atoms with van der Waals surface area (Å²) < 4.78 is 0. The van der Waals surface area contributed by atoms with Crippen molar-refractivity contribution >= 4 is 18.5 Å². The van der Waals surface area contributed by atoms with Gasteiger partial charge in [-0.25, -0.2) is 0 Å². The molecule has 0 aliphatic heterocycles. The Kier molecular flexibility index (Phi) is 5.23. The van der Waals surface area contributed by atoms with Gasteiger partial charge in [-0.05, 0) is 25.2 Å². The van der Waals surface area contributed by atoms with E-state index in [0.29, 0.717) is 0 Å². The molecule has 0 aliphatic carbocycles. The number of benzene rings is 2. The van der Waals surface area contributed by atoms with Crippen LogP contribution in [0.1, 0.15) is 0 Å². The van der Waals surface area contributed by atoms with Gasteiger partial charge in [-0.1, -0.05) is 60.7 Å². The molecule has 0 atom stereocenters. The summed E-state index contributed by atoms with van der Waals surface area (Å²) in [5.41, 5.74) is 0. The molecule has 0 fully saturated rings. The second kappa shape index (κ2) is 6.21. The van der Waals surface area contributed by atoms with Gasteiger partial charge in [0.15, 0.2) is 0 Å². The SMILES string of the molecule is CP(c1ccccc1)c1ccccc1.[Pt]. The molecule has 0 unspecified atom stereocenters. The van der Waals surface area contributed by atoms with E-state index in [1.165, 1.54) is 10.6 Å².